The van der Waals surface area contributed by atoms with Crippen LogP contribution < -0.4 is 0 Å². The van der Waals surface area contributed by atoms with Crippen LogP contribution in [0, 0.1) is 5.92 Å². The first-order valence-corrected chi connectivity index (χ1v) is 8.06. The lowest BCUT2D eigenvalue weighted by molar-refractivity contribution is -0.146. The van der Waals surface area contributed by atoms with Crippen molar-refractivity contribution in [3.05, 3.63) is 35.9 Å². The minimum atomic E-state index is -0.421. The number of ether oxygens (including phenoxy) is 2. The molecule has 0 amide bonds. The van der Waals surface area contributed by atoms with E-state index in [1.807, 2.05) is 13.0 Å². The van der Waals surface area contributed by atoms with Crippen molar-refractivity contribution in [2.24, 2.45) is 5.92 Å². The summed E-state index contributed by atoms with van der Waals surface area (Å²) >= 11 is 1.57. The van der Waals surface area contributed by atoms with E-state index >= 15 is 0 Å². The fraction of sp³-hybridized carbons (Fsp3) is 0.500. The zero-order valence-corrected chi connectivity index (χ0v) is 13.3. The minimum absolute atomic E-state index is 0.150. The predicted octanol–water partition coefficient (Wildman–Crippen LogP) is 3.26. The minimum Gasteiger partial charge on any atom is -0.454 e. The maximum Gasteiger partial charge on any atom is 0.338 e. The molecule has 0 spiro atoms. The molecule has 5 heteroatoms. The standard InChI is InChI=1S/C16H20O4S/c1-4-13-10(2)14(16(21-13)19-11(3)17)20-15(18)12-8-6-5-7-9-12/h5-10,13-14,16H,4H2,1-3H3/t10-,13+,14-,16?/m1/s1. The van der Waals surface area contributed by atoms with E-state index in [2.05, 4.69) is 6.92 Å². The topological polar surface area (TPSA) is 52.6 Å². The summed E-state index contributed by atoms with van der Waals surface area (Å²) in [7, 11) is 0. The van der Waals surface area contributed by atoms with Crippen molar-refractivity contribution in [1.29, 1.82) is 0 Å². The molecule has 114 valence electrons. The molecule has 0 radical (unpaired) electrons. The van der Waals surface area contributed by atoms with Gasteiger partial charge in [0.1, 0.15) is 0 Å². The molecule has 4 nitrogen and oxygen atoms in total. The molecule has 1 heterocycles. The normalized spacial score (nSPS) is 28.1. The summed E-state index contributed by atoms with van der Waals surface area (Å²) < 4.78 is 10.9. The van der Waals surface area contributed by atoms with Crippen molar-refractivity contribution in [2.75, 3.05) is 0 Å². The highest BCUT2D eigenvalue weighted by atomic mass is 32.2. The molecule has 1 aromatic rings. The van der Waals surface area contributed by atoms with Gasteiger partial charge >= 0.3 is 11.9 Å². The van der Waals surface area contributed by atoms with Gasteiger partial charge < -0.3 is 9.47 Å². The van der Waals surface area contributed by atoms with Crippen LogP contribution in [0.5, 0.6) is 0 Å². The second-order valence-corrected chi connectivity index (χ2v) is 6.50. The summed E-state index contributed by atoms with van der Waals surface area (Å²) in [5, 5.41) is 0.322. The number of carbonyl (C=O) groups excluding carboxylic acids is 2. The molecule has 1 unspecified atom stereocenters. The van der Waals surface area contributed by atoms with Crippen LogP contribution in [0.3, 0.4) is 0 Å². The first-order chi connectivity index (χ1) is 10.0. The third-order valence-electron chi connectivity index (χ3n) is 3.62. The third-order valence-corrected chi connectivity index (χ3v) is 5.36. The van der Waals surface area contributed by atoms with Crippen LogP contribution >= 0.6 is 11.8 Å². The Kier molecular flexibility index (Phi) is 5.28. The Morgan fingerprint density at radius 2 is 1.86 bits per heavy atom. The van der Waals surface area contributed by atoms with Crippen LogP contribution in [-0.2, 0) is 14.3 Å². The first kappa shape index (κ1) is 15.9. The number of hydrogen-bond acceptors (Lipinski definition) is 5. The van der Waals surface area contributed by atoms with Crippen molar-refractivity contribution < 1.29 is 19.1 Å². The monoisotopic (exact) mass is 308 g/mol. The van der Waals surface area contributed by atoms with Crippen LogP contribution in [0.15, 0.2) is 30.3 Å². The maximum absolute atomic E-state index is 12.2. The smallest absolute Gasteiger partial charge is 0.338 e. The predicted molar refractivity (Wildman–Crippen MR) is 82.0 cm³/mol. The largest absolute Gasteiger partial charge is 0.454 e. The SMILES string of the molecule is CC[C@@H]1SC(OC(C)=O)[C@H](OC(=O)c2ccccc2)[C@@H]1C. The number of rotatable bonds is 4. The summed E-state index contributed by atoms with van der Waals surface area (Å²) in [5.41, 5.74) is 0.0892. The molecule has 1 aliphatic rings. The third kappa shape index (κ3) is 3.79. The van der Waals surface area contributed by atoms with Crippen LogP contribution in [-0.4, -0.2) is 28.7 Å². The summed E-state index contributed by atoms with van der Waals surface area (Å²) in [4.78, 5) is 23.4. The average molecular weight is 308 g/mol. The molecule has 2 rings (SSSR count). The van der Waals surface area contributed by atoms with Crippen molar-refractivity contribution >= 4 is 23.7 Å². The number of carbonyl (C=O) groups is 2. The second kappa shape index (κ2) is 6.98. The fourth-order valence-corrected chi connectivity index (χ4v) is 4.08. The van der Waals surface area contributed by atoms with Gasteiger partial charge in [0.2, 0.25) is 0 Å². The van der Waals surface area contributed by atoms with Gasteiger partial charge in [0.25, 0.3) is 0 Å². The second-order valence-electron chi connectivity index (χ2n) is 5.16. The Morgan fingerprint density at radius 1 is 1.19 bits per heavy atom. The average Bonchev–Trinajstić information content (AvgIpc) is 2.76. The van der Waals surface area contributed by atoms with Gasteiger partial charge in [-0.1, -0.05) is 32.0 Å². The molecular formula is C16H20O4S. The quantitative estimate of drug-likeness (QED) is 0.799. The molecule has 1 aliphatic heterocycles. The first-order valence-electron chi connectivity index (χ1n) is 7.11. The Labute approximate surface area is 129 Å². The number of esters is 2. The highest BCUT2D eigenvalue weighted by molar-refractivity contribution is 8.00. The van der Waals surface area contributed by atoms with Crippen LogP contribution in [0.4, 0.5) is 0 Å². The van der Waals surface area contributed by atoms with Crippen molar-refractivity contribution in [1.82, 2.24) is 0 Å². The number of hydrogen-bond donors (Lipinski definition) is 0. The van der Waals surface area contributed by atoms with Gasteiger partial charge in [-0.05, 0) is 18.6 Å². The molecule has 0 saturated carbocycles. The van der Waals surface area contributed by atoms with Crippen molar-refractivity contribution in [3.63, 3.8) is 0 Å². The van der Waals surface area contributed by atoms with Crippen LogP contribution in [0.2, 0.25) is 0 Å². The molecule has 0 bridgehead atoms. The van der Waals surface area contributed by atoms with E-state index in [4.69, 9.17) is 9.47 Å². The lowest BCUT2D eigenvalue weighted by Gasteiger charge is -2.22. The molecular weight excluding hydrogens is 288 g/mol. The summed E-state index contributed by atoms with van der Waals surface area (Å²) in [6.45, 7) is 5.49. The molecule has 4 atom stereocenters. The van der Waals surface area contributed by atoms with Gasteiger partial charge in [-0.15, -0.1) is 11.8 Å². The Hall–Kier alpha value is -1.49. The van der Waals surface area contributed by atoms with E-state index in [1.165, 1.54) is 6.92 Å². The van der Waals surface area contributed by atoms with E-state index in [0.717, 1.165) is 6.42 Å². The van der Waals surface area contributed by atoms with E-state index in [1.54, 1.807) is 36.0 Å². The van der Waals surface area contributed by atoms with Crippen molar-refractivity contribution in [2.45, 2.75) is 44.0 Å². The summed E-state index contributed by atoms with van der Waals surface area (Å²) in [5.74, 6) is -0.573. The highest BCUT2D eigenvalue weighted by Crippen LogP contribution is 2.42. The van der Waals surface area contributed by atoms with Gasteiger partial charge in [0.15, 0.2) is 11.5 Å². The van der Waals surface area contributed by atoms with Gasteiger partial charge in [-0.3, -0.25) is 4.79 Å². The zero-order chi connectivity index (χ0) is 15.4. The molecule has 0 N–H and O–H groups in total. The maximum atomic E-state index is 12.2. The molecule has 1 aromatic carbocycles. The lowest BCUT2D eigenvalue weighted by Crippen LogP contribution is -2.33. The Balaban J connectivity index is 2.11. The summed E-state index contributed by atoms with van der Waals surface area (Å²) in [6, 6.07) is 8.86. The van der Waals surface area contributed by atoms with E-state index in [9.17, 15) is 9.59 Å². The van der Waals surface area contributed by atoms with Gasteiger partial charge in [-0.2, -0.15) is 0 Å². The number of thioether (sulfide) groups is 1. The van der Waals surface area contributed by atoms with Gasteiger partial charge in [0.05, 0.1) is 5.56 Å². The van der Waals surface area contributed by atoms with Crippen LogP contribution in [0.25, 0.3) is 0 Å². The van der Waals surface area contributed by atoms with Crippen molar-refractivity contribution in [3.8, 4) is 0 Å². The van der Waals surface area contributed by atoms with Gasteiger partial charge in [0, 0.05) is 18.1 Å². The summed E-state index contributed by atoms with van der Waals surface area (Å²) in [6.07, 6.45) is 0.541. The van der Waals surface area contributed by atoms with Gasteiger partial charge in [-0.25, -0.2) is 4.79 Å². The highest BCUT2D eigenvalue weighted by Gasteiger charge is 2.45. The molecule has 0 aliphatic carbocycles. The number of benzene rings is 1. The van der Waals surface area contributed by atoms with E-state index in [-0.39, 0.29) is 17.9 Å². The van der Waals surface area contributed by atoms with Crippen LogP contribution in [0.1, 0.15) is 37.6 Å². The lowest BCUT2D eigenvalue weighted by atomic mass is 9.99. The molecule has 1 fully saturated rings. The van der Waals surface area contributed by atoms with E-state index < -0.39 is 11.5 Å². The Bertz CT molecular complexity index is 502. The molecule has 1 saturated heterocycles. The molecule has 0 aromatic heterocycles. The molecule has 21 heavy (non-hydrogen) atoms. The zero-order valence-electron chi connectivity index (χ0n) is 12.4. The Morgan fingerprint density at radius 3 is 2.43 bits per heavy atom. The fourth-order valence-electron chi connectivity index (χ4n) is 2.49. The van der Waals surface area contributed by atoms with E-state index in [0.29, 0.717) is 10.8 Å².